The molecule has 2 unspecified atom stereocenters. The van der Waals surface area contributed by atoms with Crippen molar-refractivity contribution in [2.24, 2.45) is 0 Å². The Labute approximate surface area is 145 Å². The van der Waals surface area contributed by atoms with Crippen molar-refractivity contribution in [1.29, 1.82) is 0 Å². The molecule has 23 heavy (non-hydrogen) atoms. The second-order valence-electron chi connectivity index (χ2n) is 6.21. The quantitative estimate of drug-likeness (QED) is 0.844. The Kier molecular flexibility index (Phi) is 7.32. The SMILES string of the molecule is Cc1cc(S(=O)(=O)NC2CCCNC2C)ccc1OC(C)C.Cl. The fourth-order valence-electron chi connectivity index (χ4n) is 2.65. The lowest BCUT2D eigenvalue weighted by molar-refractivity contribution is 0.240. The van der Waals surface area contributed by atoms with Gasteiger partial charge in [-0.15, -0.1) is 12.4 Å². The standard InChI is InChI=1S/C16H26N2O3S.ClH/c1-11(2)21-16-8-7-14(10-12(16)3)22(19,20)18-15-6-5-9-17-13(15)4;/h7-8,10-11,13,15,17-18H,5-6,9H2,1-4H3;1H. The van der Waals surface area contributed by atoms with Crippen LogP contribution in [0.4, 0.5) is 0 Å². The number of sulfonamides is 1. The highest BCUT2D eigenvalue weighted by Crippen LogP contribution is 2.23. The molecule has 1 aliphatic rings. The summed E-state index contributed by atoms with van der Waals surface area (Å²) >= 11 is 0. The van der Waals surface area contributed by atoms with Gasteiger partial charge in [-0.1, -0.05) is 0 Å². The van der Waals surface area contributed by atoms with Crippen LogP contribution >= 0.6 is 12.4 Å². The molecule has 1 aromatic rings. The first-order valence-electron chi connectivity index (χ1n) is 7.82. The summed E-state index contributed by atoms with van der Waals surface area (Å²) in [5.74, 6) is 0.724. The summed E-state index contributed by atoms with van der Waals surface area (Å²) in [4.78, 5) is 0.291. The normalized spacial score (nSPS) is 21.8. The summed E-state index contributed by atoms with van der Waals surface area (Å²) in [6.45, 7) is 8.71. The van der Waals surface area contributed by atoms with Gasteiger partial charge in [-0.25, -0.2) is 13.1 Å². The first-order valence-corrected chi connectivity index (χ1v) is 9.31. The van der Waals surface area contributed by atoms with Crippen LogP contribution in [0, 0.1) is 6.92 Å². The van der Waals surface area contributed by atoms with Gasteiger partial charge in [0.25, 0.3) is 0 Å². The summed E-state index contributed by atoms with van der Waals surface area (Å²) in [5, 5.41) is 3.30. The van der Waals surface area contributed by atoms with Crippen molar-refractivity contribution >= 4 is 22.4 Å². The summed E-state index contributed by atoms with van der Waals surface area (Å²) in [7, 11) is -3.51. The number of hydrogen-bond donors (Lipinski definition) is 2. The van der Waals surface area contributed by atoms with Crippen LogP contribution in [0.2, 0.25) is 0 Å². The van der Waals surface area contributed by atoms with Gasteiger partial charge in [-0.3, -0.25) is 0 Å². The minimum absolute atomic E-state index is 0. The van der Waals surface area contributed by atoms with Gasteiger partial charge in [0.05, 0.1) is 11.0 Å². The van der Waals surface area contributed by atoms with Gasteiger partial charge in [0, 0.05) is 12.1 Å². The minimum Gasteiger partial charge on any atom is -0.491 e. The first kappa shape index (κ1) is 20.2. The molecule has 0 aliphatic carbocycles. The van der Waals surface area contributed by atoms with E-state index in [-0.39, 0.29) is 30.6 Å². The third-order valence-electron chi connectivity index (χ3n) is 3.89. The van der Waals surface area contributed by atoms with Crippen LogP contribution < -0.4 is 14.8 Å². The molecule has 132 valence electrons. The fraction of sp³-hybridized carbons (Fsp3) is 0.625. The van der Waals surface area contributed by atoms with Crippen LogP contribution in [0.25, 0.3) is 0 Å². The van der Waals surface area contributed by atoms with E-state index in [4.69, 9.17) is 4.74 Å². The van der Waals surface area contributed by atoms with E-state index in [2.05, 4.69) is 10.0 Å². The van der Waals surface area contributed by atoms with Crippen molar-refractivity contribution < 1.29 is 13.2 Å². The lowest BCUT2D eigenvalue weighted by Gasteiger charge is -2.30. The average molecular weight is 363 g/mol. The average Bonchev–Trinajstić information content (AvgIpc) is 2.43. The third kappa shape index (κ3) is 5.35. The molecular formula is C16H27ClN2O3S. The fourth-order valence-corrected chi connectivity index (χ4v) is 4.08. The van der Waals surface area contributed by atoms with E-state index < -0.39 is 10.0 Å². The van der Waals surface area contributed by atoms with E-state index in [1.54, 1.807) is 18.2 Å². The highest BCUT2D eigenvalue weighted by Gasteiger charge is 2.26. The molecule has 5 nitrogen and oxygen atoms in total. The smallest absolute Gasteiger partial charge is 0.240 e. The van der Waals surface area contributed by atoms with Gasteiger partial charge in [0.1, 0.15) is 5.75 Å². The van der Waals surface area contributed by atoms with Crippen molar-refractivity contribution in [3.05, 3.63) is 23.8 Å². The molecule has 1 heterocycles. The van der Waals surface area contributed by atoms with Gasteiger partial charge < -0.3 is 10.1 Å². The molecule has 2 atom stereocenters. The Bertz CT molecular complexity index is 620. The molecule has 0 saturated carbocycles. The van der Waals surface area contributed by atoms with E-state index >= 15 is 0 Å². The number of piperidine rings is 1. The second-order valence-corrected chi connectivity index (χ2v) is 7.92. The number of benzene rings is 1. The van der Waals surface area contributed by atoms with Gasteiger partial charge in [0.2, 0.25) is 10.0 Å². The maximum atomic E-state index is 12.6. The van der Waals surface area contributed by atoms with Crippen LogP contribution in [-0.4, -0.2) is 33.2 Å². The zero-order chi connectivity index (χ0) is 16.3. The van der Waals surface area contributed by atoms with E-state index in [1.165, 1.54) is 0 Å². The summed E-state index contributed by atoms with van der Waals surface area (Å²) in [6, 6.07) is 5.08. The Morgan fingerprint density at radius 1 is 1.35 bits per heavy atom. The van der Waals surface area contributed by atoms with Gasteiger partial charge in [-0.2, -0.15) is 0 Å². The summed E-state index contributed by atoms with van der Waals surface area (Å²) in [5.41, 5.74) is 0.825. The van der Waals surface area contributed by atoms with Crippen molar-refractivity contribution in [2.45, 2.75) is 63.6 Å². The maximum Gasteiger partial charge on any atom is 0.240 e. The lowest BCUT2D eigenvalue weighted by Crippen LogP contribution is -2.51. The highest BCUT2D eigenvalue weighted by molar-refractivity contribution is 7.89. The van der Waals surface area contributed by atoms with Crippen LogP contribution in [0.1, 0.15) is 39.2 Å². The Morgan fingerprint density at radius 3 is 2.61 bits per heavy atom. The molecule has 1 fully saturated rings. The third-order valence-corrected chi connectivity index (χ3v) is 5.38. The Morgan fingerprint density at radius 2 is 2.04 bits per heavy atom. The number of halogens is 1. The van der Waals surface area contributed by atoms with Crippen molar-refractivity contribution in [2.75, 3.05) is 6.54 Å². The minimum atomic E-state index is -3.51. The lowest BCUT2D eigenvalue weighted by atomic mass is 10.0. The van der Waals surface area contributed by atoms with Gasteiger partial charge in [0.15, 0.2) is 0 Å². The number of aryl methyl sites for hydroxylation is 1. The zero-order valence-electron chi connectivity index (χ0n) is 14.1. The van der Waals surface area contributed by atoms with Crippen molar-refractivity contribution in [3.63, 3.8) is 0 Å². The predicted octanol–water partition coefficient (Wildman–Crippen LogP) is 2.62. The summed E-state index contributed by atoms with van der Waals surface area (Å²) < 4.78 is 33.6. The molecule has 0 aromatic heterocycles. The van der Waals surface area contributed by atoms with E-state index in [9.17, 15) is 8.42 Å². The van der Waals surface area contributed by atoms with Gasteiger partial charge in [-0.05, 0) is 70.8 Å². The first-order chi connectivity index (χ1) is 10.3. The Hall–Kier alpha value is -0.820. The number of ether oxygens (including phenoxy) is 1. The molecule has 0 bridgehead atoms. The van der Waals surface area contributed by atoms with E-state index in [1.807, 2.05) is 27.7 Å². The van der Waals surface area contributed by atoms with Crippen LogP contribution in [0.15, 0.2) is 23.1 Å². The molecule has 0 spiro atoms. The molecule has 1 aromatic carbocycles. The molecule has 7 heteroatoms. The van der Waals surface area contributed by atoms with E-state index in [0.29, 0.717) is 4.90 Å². The molecule has 1 saturated heterocycles. The monoisotopic (exact) mass is 362 g/mol. The van der Waals surface area contributed by atoms with Crippen LogP contribution in [0.5, 0.6) is 5.75 Å². The molecular weight excluding hydrogens is 336 g/mol. The Balaban J connectivity index is 0.00000264. The maximum absolute atomic E-state index is 12.6. The molecule has 2 N–H and O–H groups in total. The van der Waals surface area contributed by atoms with Crippen LogP contribution in [0.3, 0.4) is 0 Å². The van der Waals surface area contributed by atoms with E-state index in [0.717, 1.165) is 30.7 Å². The molecule has 1 aliphatic heterocycles. The number of rotatable bonds is 5. The van der Waals surface area contributed by atoms with Crippen molar-refractivity contribution in [3.8, 4) is 5.75 Å². The second kappa shape index (κ2) is 8.33. The molecule has 0 radical (unpaired) electrons. The molecule has 2 rings (SSSR count). The number of nitrogens with one attached hydrogen (secondary N) is 2. The topological polar surface area (TPSA) is 67.4 Å². The summed E-state index contributed by atoms with van der Waals surface area (Å²) in [6.07, 6.45) is 1.91. The largest absolute Gasteiger partial charge is 0.491 e. The molecule has 0 amide bonds. The number of hydrogen-bond acceptors (Lipinski definition) is 4. The highest BCUT2D eigenvalue weighted by atomic mass is 35.5. The predicted molar refractivity (Wildman–Crippen MR) is 95.0 cm³/mol. The zero-order valence-corrected chi connectivity index (χ0v) is 15.8. The van der Waals surface area contributed by atoms with Gasteiger partial charge >= 0.3 is 0 Å². The van der Waals surface area contributed by atoms with Crippen molar-refractivity contribution in [1.82, 2.24) is 10.0 Å². The van der Waals surface area contributed by atoms with Crippen LogP contribution in [-0.2, 0) is 10.0 Å².